The SMILES string of the molecule is Cc1cc(NCN2CCNCC2)ccc1Br. The van der Waals surface area contributed by atoms with Crippen molar-refractivity contribution in [2.24, 2.45) is 0 Å². The van der Waals surface area contributed by atoms with Crippen LogP contribution in [-0.4, -0.2) is 37.7 Å². The molecule has 1 aliphatic rings. The van der Waals surface area contributed by atoms with E-state index in [-0.39, 0.29) is 0 Å². The Morgan fingerprint density at radius 2 is 2.12 bits per heavy atom. The van der Waals surface area contributed by atoms with Crippen molar-refractivity contribution in [2.45, 2.75) is 6.92 Å². The molecule has 0 bridgehead atoms. The summed E-state index contributed by atoms with van der Waals surface area (Å²) in [6.45, 7) is 7.50. The smallest absolute Gasteiger partial charge is 0.0679 e. The maximum atomic E-state index is 3.51. The Kier molecular flexibility index (Phi) is 4.21. The number of anilines is 1. The zero-order valence-electron chi connectivity index (χ0n) is 9.59. The summed E-state index contributed by atoms with van der Waals surface area (Å²) in [5, 5.41) is 6.81. The Morgan fingerprint density at radius 1 is 1.38 bits per heavy atom. The van der Waals surface area contributed by atoms with Crippen molar-refractivity contribution in [3.63, 3.8) is 0 Å². The minimum atomic E-state index is 0.933. The summed E-state index contributed by atoms with van der Waals surface area (Å²) in [6, 6.07) is 6.38. The molecule has 0 radical (unpaired) electrons. The molecule has 2 rings (SSSR count). The fourth-order valence-corrected chi connectivity index (χ4v) is 2.07. The van der Waals surface area contributed by atoms with Crippen LogP contribution in [0.25, 0.3) is 0 Å². The molecule has 1 heterocycles. The topological polar surface area (TPSA) is 27.3 Å². The van der Waals surface area contributed by atoms with Gasteiger partial charge in [0.2, 0.25) is 0 Å². The van der Waals surface area contributed by atoms with Gasteiger partial charge >= 0.3 is 0 Å². The van der Waals surface area contributed by atoms with Gasteiger partial charge in [-0.3, -0.25) is 4.90 Å². The van der Waals surface area contributed by atoms with Crippen LogP contribution in [0.15, 0.2) is 22.7 Å². The van der Waals surface area contributed by atoms with Crippen molar-refractivity contribution in [1.29, 1.82) is 0 Å². The number of halogens is 1. The van der Waals surface area contributed by atoms with Gasteiger partial charge in [-0.15, -0.1) is 0 Å². The van der Waals surface area contributed by atoms with Gasteiger partial charge in [0.25, 0.3) is 0 Å². The van der Waals surface area contributed by atoms with Gasteiger partial charge in [0.05, 0.1) is 6.67 Å². The van der Waals surface area contributed by atoms with E-state index in [9.17, 15) is 0 Å². The third-order valence-corrected chi connectivity index (χ3v) is 3.76. The van der Waals surface area contributed by atoms with Crippen molar-refractivity contribution in [3.8, 4) is 0 Å². The van der Waals surface area contributed by atoms with Gasteiger partial charge in [0.1, 0.15) is 0 Å². The molecule has 1 saturated heterocycles. The summed E-state index contributed by atoms with van der Waals surface area (Å²) in [6.07, 6.45) is 0. The molecule has 1 aromatic rings. The third-order valence-electron chi connectivity index (χ3n) is 2.87. The highest BCUT2D eigenvalue weighted by Crippen LogP contribution is 2.19. The Morgan fingerprint density at radius 3 is 2.81 bits per heavy atom. The van der Waals surface area contributed by atoms with E-state index in [2.05, 4.69) is 56.6 Å². The van der Waals surface area contributed by atoms with Gasteiger partial charge in [-0.25, -0.2) is 0 Å². The molecule has 88 valence electrons. The predicted molar refractivity (Wildman–Crippen MR) is 71.8 cm³/mol. The lowest BCUT2D eigenvalue weighted by atomic mass is 10.2. The average Bonchev–Trinajstić information content (AvgIpc) is 2.32. The normalized spacial score (nSPS) is 17.4. The molecule has 0 aromatic heterocycles. The Labute approximate surface area is 105 Å². The molecule has 1 fully saturated rings. The molecular weight excluding hydrogens is 266 g/mol. The monoisotopic (exact) mass is 283 g/mol. The summed E-state index contributed by atoms with van der Waals surface area (Å²) in [4.78, 5) is 2.42. The Balaban J connectivity index is 1.86. The first-order valence-electron chi connectivity index (χ1n) is 5.69. The number of piperazine rings is 1. The largest absolute Gasteiger partial charge is 0.372 e. The number of aryl methyl sites for hydroxylation is 1. The summed E-state index contributed by atoms with van der Waals surface area (Å²) >= 11 is 3.51. The molecule has 0 amide bonds. The molecule has 1 aromatic carbocycles. The molecule has 4 heteroatoms. The predicted octanol–water partition coefficient (Wildman–Crippen LogP) is 2.03. The molecule has 0 atom stereocenters. The van der Waals surface area contributed by atoms with Crippen LogP contribution in [0.3, 0.4) is 0 Å². The van der Waals surface area contributed by atoms with Crippen LogP contribution >= 0.6 is 15.9 Å². The van der Waals surface area contributed by atoms with Gasteiger partial charge in [-0.1, -0.05) is 15.9 Å². The number of nitrogens with zero attached hydrogens (tertiary/aromatic N) is 1. The standard InChI is InChI=1S/C12H18BrN3/c1-10-8-11(2-3-12(10)13)15-9-16-6-4-14-5-7-16/h2-3,8,14-15H,4-7,9H2,1H3. The van der Waals surface area contributed by atoms with E-state index in [0.29, 0.717) is 0 Å². The van der Waals surface area contributed by atoms with Crippen LogP contribution in [0.5, 0.6) is 0 Å². The molecule has 3 nitrogen and oxygen atoms in total. The van der Waals surface area contributed by atoms with Crippen molar-refractivity contribution < 1.29 is 0 Å². The maximum absolute atomic E-state index is 3.51. The van der Waals surface area contributed by atoms with E-state index in [4.69, 9.17) is 0 Å². The lowest BCUT2D eigenvalue weighted by Gasteiger charge is -2.27. The van der Waals surface area contributed by atoms with E-state index < -0.39 is 0 Å². The van der Waals surface area contributed by atoms with Crippen molar-refractivity contribution in [2.75, 3.05) is 38.2 Å². The third kappa shape index (κ3) is 3.20. The van der Waals surface area contributed by atoms with Crippen LogP contribution in [0, 0.1) is 6.92 Å². The molecule has 16 heavy (non-hydrogen) atoms. The second kappa shape index (κ2) is 5.66. The van der Waals surface area contributed by atoms with E-state index in [1.165, 1.54) is 15.7 Å². The number of nitrogens with one attached hydrogen (secondary N) is 2. The minimum Gasteiger partial charge on any atom is -0.372 e. The van der Waals surface area contributed by atoms with Gasteiger partial charge in [0.15, 0.2) is 0 Å². The zero-order valence-corrected chi connectivity index (χ0v) is 11.2. The fraction of sp³-hybridized carbons (Fsp3) is 0.500. The van der Waals surface area contributed by atoms with E-state index in [1.807, 2.05) is 0 Å². The van der Waals surface area contributed by atoms with Crippen LogP contribution in [0.4, 0.5) is 5.69 Å². The highest BCUT2D eigenvalue weighted by Gasteiger charge is 2.08. The molecule has 0 aliphatic carbocycles. The van der Waals surface area contributed by atoms with E-state index in [0.717, 1.165) is 32.8 Å². The number of hydrogen-bond donors (Lipinski definition) is 2. The second-order valence-electron chi connectivity index (χ2n) is 4.17. The highest BCUT2D eigenvalue weighted by atomic mass is 79.9. The molecule has 1 aliphatic heterocycles. The van der Waals surface area contributed by atoms with Gasteiger partial charge in [-0.05, 0) is 30.7 Å². The van der Waals surface area contributed by atoms with Gasteiger partial charge < -0.3 is 10.6 Å². The Hall–Kier alpha value is -0.580. The number of rotatable bonds is 3. The first kappa shape index (κ1) is 11.9. The fourth-order valence-electron chi connectivity index (χ4n) is 1.83. The molecule has 0 spiro atoms. The summed E-state index contributed by atoms with van der Waals surface area (Å²) < 4.78 is 1.17. The van der Waals surface area contributed by atoms with E-state index in [1.54, 1.807) is 0 Å². The Bertz CT molecular complexity index is 348. The van der Waals surface area contributed by atoms with Crippen molar-refractivity contribution >= 4 is 21.6 Å². The van der Waals surface area contributed by atoms with Crippen LogP contribution < -0.4 is 10.6 Å². The van der Waals surface area contributed by atoms with Gasteiger partial charge in [0, 0.05) is 36.3 Å². The second-order valence-corrected chi connectivity index (χ2v) is 5.02. The highest BCUT2D eigenvalue weighted by molar-refractivity contribution is 9.10. The molecule has 0 unspecified atom stereocenters. The van der Waals surface area contributed by atoms with E-state index >= 15 is 0 Å². The number of benzene rings is 1. The molecule has 2 N–H and O–H groups in total. The van der Waals surface area contributed by atoms with Crippen LogP contribution in [-0.2, 0) is 0 Å². The lowest BCUT2D eigenvalue weighted by Crippen LogP contribution is -2.45. The molecular formula is C12H18BrN3. The number of hydrogen-bond acceptors (Lipinski definition) is 3. The minimum absolute atomic E-state index is 0.933. The van der Waals surface area contributed by atoms with Crippen LogP contribution in [0.1, 0.15) is 5.56 Å². The first-order valence-corrected chi connectivity index (χ1v) is 6.48. The first-order chi connectivity index (χ1) is 7.75. The lowest BCUT2D eigenvalue weighted by molar-refractivity contribution is 0.256. The molecule has 0 saturated carbocycles. The summed E-state index contributed by atoms with van der Waals surface area (Å²) in [5.74, 6) is 0. The average molecular weight is 284 g/mol. The zero-order chi connectivity index (χ0) is 11.4. The van der Waals surface area contributed by atoms with Crippen molar-refractivity contribution in [1.82, 2.24) is 10.2 Å². The van der Waals surface area contributed by atoms with Crippen molar-refractivity contribution in [3.05, 3.63) is 28.2 Å². The summed E-state index contributed by atoms with van der Waals surface area (Å²) in [5.41, 5.74) is 2.46. The van der Waals surface area contributed by atoms with Crippen LogP contribution in [0.2, 0.25) is 0 Å². The summed E-state index contributed by atoms with van der Waals surface area (Å²) in [7, 11) is 0. The van der Waals surface area contributed by atoms with Gasteiger partial charge in [-0.2, -0.15) is 0 Å². The maximum Gasteiger partial charge on any atom is 0.0679 e. The quantitative estimate of drug-likeness (QED) is 0.889.